The molecule has 0 amide bonds. The standard InChI is InChI=1S/C18H29N3O3/c1-20-9-3-5-15(20)12-23-17-8-7-14(11-22)19-18(17)24-13-16-6-4-10-21(16)2/h7-8,15-16,22H,3-6,9-13H2,1-2H3/t15-,16-/m0/s1. The SMILES string of the molecule is CN1CCC[C@H]1COc1ccc(CO)nc1OC[C@@H]1CCCN1C. The van der Waals surface area contributed by atoms with Gasteiger partial charge in [0.25, 0.3) is 5.88 Å². The second-order valence-corrected chi connectivity index (χ2v) is 6.94. The van der Waals surface area contributed by atoms with E-state index < -0.39 is 0 Å². The number of rotatable bonds is 7. The van der Waals surface area contributed by atoms with Crippen LogP contribution in [0.25, 0.3) is 0 Å². The maximum atomic E-state index is 9.34. The summed E-state index contributed by atoms with van der Waals surface area (Å²) in [5.74, 6) is 1.18. The monoisotopic (exact) mass is 335 g/mol. The molecule has 2 aliphatic rings. The predicted octanol–water partition coefficient (Wildman–Crippen LogP) is 1.52. The van der Waals surface area contributed by atoms with Gasteiger partial charge in [-0.15, -0.1) is 0 Å². The lowest BCUT2D eigenvalue weighted by atomic mass is 10.2. The maximum absolute atomic E-state index is 9.34. The van der Waals surface area contributed by atoms with Gasteiger partial charge in [-0.05, 0) is 65.0 Å². The molecule has 2 aliphatic heterocycles. The highest BCUT2D eigenvalue weighted by Crippen LogP contribution is 2.27. The molecule has 2 saturated heterocycles. The van der Waals surface area contributed by atoms with Crippen LogP contribution in [0.1, 0.15) is 31.4 Å². The summed E-state index contributed by atoms with van der Waals surface area (Å²) in [6.07, 6.45) is 4.76. The lowest BCUT2D eigenvalue weighted by molar-refractivity contribution is 0.168. The fraction of sp³-hybridized carbons (Fsp3) is 0.722. The number of nitrogens with zero attached hydrogens (tertiary/aromatic N) is 3. The van der Waals surface area contributed by atoms with E-state index in [0.717, 1.165) is 19.5 Å². The van der Waals surface area contributed by atoms with Crippen LogP contribution >= 0.6 is 0 Å². The van der Waals surface area contributed by atoms with Gasteiger partial charge >= 0.3 is 0 Å². The second kappa shape index (κ2) is 8.14. The van der Waals surface area contributed by atoms with Crippen LogP contribution in [0, 0.1) is 0 Å². The molecule has 6 heteroatoms. The summed E-state index contributed by atoms with van der Waals surface area (Å²) in [4.78, 5) is 9.07. The van der Waals surface area contributed by atoms with Crippen molar-refractivity contribution < 1.29 is 14.6 Å². The lowest BCUT2D eigenvalue weighted by Crippen LogP contribution is -2.31. The van der Waals surface area contributed by atoms with Crippen LogP contribution in [0.3, 0.4) is 0 Å². The van der Waals surface area contributed by atoms with Crippen molar-refractivity contribution in [2.24, 2.45) is 0 Å². The first-order valence-corrected chi connectivity index (χ1v) is 8.94. The summed E-state index contributed by atoms with van der Waals surface area (Å²) in [5.41, 5.74) is 0.607. The van der Waals surface area contributed by atoms with Gasteiger partial charge in [-0.3, -0.25) is 0 Å². The van der Waals surface area contributed by atoms with E-state index in [0.29, 0.717) is 42.6 Å². The Labute approximate surface area is 144 Å². The second-order valence-electron chi connectivity index (χ2n) is 6.94. The lowest BCUT2D eigenvalue weighted by Gasteiger charge is -2.22. The third kappa shape index (κ3) is 4.18. The van der Waals surface area contributed by atoms with Gasteiger partial charge in [-0.2, -0.15) is 0 Å². The number of likely N-dealkylation sites (tertiary alicyclic amines) is 2. The number of ether oxygens (including phenoxy) is 2. The largest absolute Gasteiger partial charge is 0.486 e. The van der Waals surface area contributed by atoms with Gasteiger partial charge in [0, 0.05) is 12.1 Å². The molecular formula is C18H29N3O3. The van der Waals surface area contributed by atoms with Crippen molar-refractivity contribution in [3.05, 3.63) is 17.8 Å². The minimum atomic E-state index is -0.0919. The van der Waals surface area contributed by atoms with E-state index in [9.17, 15) is 5.11 Å². The first-order valence-electron chi connectivity index (χ1n) is 8.94. The van der Waals surface area contributed by atoms with Crippen LogP contribution in [-0.2, 0) is 6.61 Å². The molecule has 2 fully saturated rings. The molecule has 3 rings (SSSR count). The van der Waals surface area contributed by atoms with Crippen LogP contribution in [0.15, 0.2) is 12.1 Å². The zero-order valence-electron chi connectivity index (χ0n) is 14.8. The van der Waals surface area contributed by atoms with Crippen LogP contribution in [-0.4, -0.2) is 72.4 Å². The van der Waals surface area contributed by atoms with Crippen LogP contribution in [0.5, 0.6) is 11.6 Å². The first kappa shape index (κ1) is 17.5. The average Bonchev–Trinajstić information content (AvgIpc) is 3.19. The van der Waals surface area contributed by atoms with Gasteiger partial charge in [0.2, 0.25) is 0 Å². The molecule has 6 nitrogen and oxygen atoms in total. The van der Waals surface area contributed by atoms with E-state index >= 15 is 0 Å². The number of pyridine rings is 1. The smallest absolute Gasteiger partial charge is 0.257 e. The summed E-state index contributed by atoms with van der Waals surface area (Å²) in [6, 6.07) is 4.54. The van der Waals surface area contributed by atoms with Crippen molar-refractivity contribution in [2.45, 2.75) is 44.4 Å². The molecule has 0 aliphatic carbocycles. The fourth-order valence-corrected chi connectivity index (χ4v) is 3.51. The highest BCUT2D eigenvalue weighted by molar-refractivity contribution is 5.35. The molecular weight excluding hydrogens is 306 g/mol. The van der Waals surface area contributed by atoms with E-state index in [4.69, 9.17) is 9.47 Å². The molecule has 0 unspecified atom stereocenters. The topological polar surface area (TPSA) is 58.1 Å². The van der Waals surface area contributed by atoms with Gasteiger partial charge in [0.1, 0.15) is 13.2 Å². The average molecular weight is 335 g/mol. The highest BCUT2D eigenvalue weighted by Gasteiger charge is 2.24. The van der Waals surface area contributed by atoms with E-state index in [-0.39, 0.29) is 6.61 Å². The number of hydrogen-bond acceptors (Lipinski definition) is 6. The minimum Gasteiger partial charge on any atom is -0.486 e. The Morgan fingerprint density at radius 1 is 1.04 bits per heavy atom. The summed E-state index contributed by atoms with van der Waals surface area (Å²) in [5, 5.41) is 9.34. The van der Waals surface area contributed by atoms with E-state index in [1.807, 2.05) is 6.07 Å². The van der Waals surface area contributed by atoms with Crippen molar-refractivity contribution in [3.63, 3.8) is 0 Å². The van der Waals surface area contributed by atoms with Gasteiger partial charge < -0.3 is 24.4 Å². The van der Waals surface area contributed by atoms with Crippen molar-refractivity contribution in [1.29, 1.82) is 0 Å². The zero-order valence-corrected chi connectivity index (χ0v) is 14.8. The van der Waals surface area contributed by atoms with E-state index in [2.05, 4.69) is 28.9 Å². The number of likely N-dealkylation sites (N-methyl/N-ethyl adjacent to an activating group) is 2. The molecule has 0 saturated carbocycles. The Bertz CT molecular complexity index is 540. The Morgan fingerprint density at radius 2 is 1.67 bits per heavy atom. The summed E-state index contributed by atoms with van der Waals surface area (Å²) >= 11 is 0. The van der Waals surface area contributed by atoms with Gasteiger partial charge in [0.15, 0.2) is 5.75 Å². The summed E-state index contributed by atoms with van der Waals surface area (Å²) in [6.45, 7) is 3.42. The Morgan fingerprint density at radius 3 is 2.21 bits per heavy atom. The van der Waals surface area contributed by atoms with Crippen LogP contribution < -0.4 is 9.47 Å². The van der Waals surface area contributed by atoms with E-state index in [1.165, 1.54) is 19.3 Å². The van der Waals surface area contributed by atoms with E-state index in [1.54, 1.807) is 6.07 Å². The molecule has 0 aromatic carbocycles. The molecule has 1 aromatic heterocycles. The maximum Gasteiger partial charge on any atom is 0.257 e. The molecule has 3 heterocycles. The van der Waals surface area contributed by atoms with Crippen LogP contribution in [0.4, 0.5) is 0 Å². The molecule has 0 spiro atoms. The van der Waals surface area contributed by atoms with Crippen LogP contribution in [0.2, 0.25) is 0 Å². The number of aliphatic hydroxyl groups is 1. The molecule has 2 atom stereocenters. The summed E-state index contributed by atoms with van der Waals surface area (Å²) < 4.78 is 12.0. The van der Waals surface area contributed by atoms with Crippen molar-refractivity contribution in [3.8, 4) is 11.6 Å². The third-order valence-electron chi connectivity index (χ3n) is 5.23. The predicted molar refractivity (Wildman–Crippen MR) is 92.5 cm³/mol. The molecule has 0 bridgehead atoms. The number of hydrogen-bond donors (Lipinski definition) is 1. The Balaban J connectivity index is 1.63. The third-order valence-corrected chi connectivity index (χ3v) is 5.23. The molecule has 0 radical (unpaired) electrons. The normalized spacial score (nSPS) is 25.3. The summed E-state index contributed by atoms with van der Waals surface area (Å²) in [7, 11) is 4.27. The van der Waals surface area contributed by atoms with Crippen molar-refractivity contribution in [2.75, 3.05) is 40.4 Å². The van der Waals surface area contributed by atoms with Gasteiger partial charge in [-0.1, -0.05) is 0 Å². The Hall–Kier alpha value is -1.37. The molecule has 1 N–H and O–H groups in total. The van der Waals surface area contributed by atoms with Gasteiger partial charge in [-0.25, -0.2) is 4.98 Å². The quantitative estimate of drug-likeness (QED) is 0.815. The first-order chi connectivity index (χ1) is 11.7. The fourth-order valence-electron chi connectivity index (χ4n) is 3.51. The van der Waals surface area contributed by atoms with Crippen molar-refractivity contribution in [1.82, 2.24) is 14.8 Å². The molecule has 134 valence electrons. The zero-order chi connectivity index (χ0) is 16.9. The minimum absolute atomic E-state index is 0.0919. The highest BCUT2D eigenvalue weighted by atomic mass is 16.5. The van der Waals surface area contributed by atoms with Crippen molar-refractivity contribution >= 4 is 0 Å². The Kier molecular flexibility index (Phi) is 5.92. The number of aromatic nitrogens is 1. The molecule has 1 aromatic rings. The van der Waals surface area contributed by atoms with Gasteiger partial charge in [0.05, 0.1) is 12.3 Å². The number of aliphatic hydroxyl groups excluding tert-OH is 1. The molecule has 24 heavy (non-hydrogen) atoms.